The Labute approximate surface area is 71.6 Å². The van der Waals surface area contributed by atoms with E-state index < -0.39 is 0 Å². The van der Waals surface area contributed by atoms with Crippen LogP contribution >= 0.6 is 0 Å². The van der Waals surface area contributed by atoms with Crippen LogP contribution in [0, 0.1) is 0 Å². The van der Waals surface area contributed by atoms with E-state index in [-0.39, 0.29) is 18.6 Å². The van der Waals surface area contributed by atoms with E-state index in [1.54, 1.807) is 0 Å². The van der Waals surface area contributed by atoms with E-state index in [1.165, 1.54) is 0 Å². The Balaban J connectivity index is 3.36. The zero-order valence-electron chi connectivity index (χ0n) is 7.13. The number of amides is 1. The van der Waals surface area contributed by atoms with Crippen LogP contribution in [-0.4, -0.2) is 18.6 Å². The van der Waals surface area contributed by atoms with Gasteiger partial charge in [0.2, 0.25) is 5.91 Å². The largest absolute Gasteiger partial charge is 0.444 e. The van der Waals surface area contributed by atoms with Crippen LogP contribution in [0.25, 0.3) is 0 Å². The van der Waals surface area contributed by atoms with E-state index in [2.05, 4.69) is 16.6 Å². The predicted octanol–water partition coefficient (Wildman–Crippen LogP) is 0.589. The smallest absolute Gasteiger partial charge is 0.307 e. The normalized spacial score (nSPS) is 8.75. The first kappa shape index (κ1) is 10.7. The molecule has 0 bridgehead atoms. The maximum Gasteiger partial charge on any atom is 0.307 e. The van der Waals surface area contributed by atoms with Gasteiger partial charge in [-0.05, 0) is 12.5 Å². The maximum atomic E-state index is 10.7. The number of ether oxygens (including phenoxy) is 1. The molecule has 0 aliphatic carbocycles. The highest BCUT2D eigenvalue weighted by Crippen LogP contribution is 1.89. The van der Waals surface area contributed by atoms with Crippen LogP contribution in [0.1, 0.15) is 19.8 Å². The van der Waals surface area contributed by atoms with Crippen molar-refractivity contribution in [3.05, 3.63) is 12.7 Å². The van der Waals surface area contributed by atoms with Crippen molar-refractivity contribution in [2.45, 2.75) is 19.8 Å². The minimum atomic E-state index is -0.348. The van der Waals surface area contributed by atoms with Crippen LogP contribution in [0.4, 0.5) is 0 Å². The first-order valence-electron chi connectivity index (χ1n) is 3.76. The van der Waals surface area contributed by atoms with E-state index in [9.17, 15) is 9.59 Å². The van der Waals surface area contributed by atoms with Gasteiger partial charge in [-0.2, -0.15) is 0 Å². The summed E-state index contributed by atoms with van der Waals surface area (Å²) in [5, 5.41) is 2.32. The second-order valence-electron chi connectivity index (χ2n) is 2.16. The van der Waals surface area contributed by atoms with Crippen LogP contribution in [0.15, 0.2) is 12.7 Å². The Morgan fingerprint density at radius 2 is 2.25 bits per heavy atom. The Morgan fingerprint density at radius 3 is 2.75 bits per heavy atom. The SMILES string of the molecule is C=CC(=O)NCOC(=O)CCC. The third-order valence-corrected chi connectivity index (χ3v) is 1.12. The van der Waals surface area contributed by atoms with E-state index in [1.807, 2.05) is 6.92 Å². The van der Waals surface area contributed by atoms with Gasteiger partial charge in [0.1, 0.15) is 0 Å². The van der Waals surface area contributed by atoms with Crippen molar-refractivity contribution in [2.24, 2.45) is 0 Å². The summed E-state index contributed by atoms with van der Waals surface area (Å²) in [7, 11) is 0. The molecule has 0 radical (unpaired) electrons. The molecule has 0 fully saturated rings. The standard InChI is InChI=1S/C8H13NO3/c1-3-5-8(11)12-6-9-7(10)4-2/h4H,2-3,5-6H2,1H3,(H,9,10). The van der Waals surface area contributed by atoms with E-state index >= 15 is 0 Å². The molecule has 0 unspecified atom stereocenters. The van der Waals surface area contributed by atoms with Gasteiger partial charge in [0, 0.05) is 6.42 Å². The zero-order chi connectivity index (χ0) is 9.40. The Bertz CT molecular complexity index is 177. The summed E-state index contributed by atoms with van der Waals surface area (Å²) in [6.45, 7) is 5.04. The molecule has 4 heteroatoms. The molecule has 0 aromatic heterocycles. The van der Waals surface area contributed by atoms with Crippen molar-refractivity contribution >= 4 is 11.9 Å². The van der Waals surface area contributed by atoms with Gasteiger partial charge in [-0.25, -0.2) is 0 Å². The molecule has 0 aliphatic rings. The van der Waals surface area contributed by atoms with Crippen molar-refractivity contribution in [1.29, 1.82) is 0 Å². The van der Waals surface area contributed by atoms with Gasteiger partial charge < -0.3 is 10.1 Å². The fourth-order valence-electron chi connectivity index (χ4n) is 0.536. The van der Waals surface area contributed by atoms with Gasteiger partial charge in [0.05, 0.1) is 0 Å². The fraction of sp³-hybridized carbons (Fsp3) is 0.500. The first-order chi connectivity index (χ1) is 5.70. The summed E-state index contributed by atoms with van der Waals surface area (Å²) in [4.78, 5) is 21.2. The molecule has 68 valence electrons. The van der Waals surface area contributed by atoms with Gasteiger partial charge in [0.15, 0.2) is 6.73 Å². The van der Waals surface area contributed by atoms with E-state index in [0.29, 0.717) is 6.42 Å². The van der Waals surface area contributed by atoms with Crippen LogP contribution in [0.3, 0.4) is 0 Å². The van der Waals surface area contributed by atoms with Gasteiger partial charge in [0.25, 0.3) is 0 Å². The van der Waals surface area contributed by atoms with Gasteiger partial charge in [-0.15, -0.1) is 0 Å². The average Bonchev–Trinajstić information content (AvgIpc) is 2.04. The summed E-state index contributed by atoms with van der Waals surface area (Å²) in [6.07, 6.45) is 2.24. The molecule has 1 amide bonds. The van der Waals surface area contributed by atoms with Crippen molar-refractivity contribution in [2.75, 3.05) is 6.73 Å². The van der Waals surface area contributed by atoms with Crippen LogP contribution in [-0.2, 0) is 14.3 Å². The van der Waals surface area contributed by atoms with Crippen molar-refractivity contribution in [3.63, 3.8) is 0 Å². The molecule has 0 rings (SSSR count). The molecule has 0 heterocycles. The monoisotopic (exact) mass is 171 g/mol. The van der Waals surface area contributed by atoms with Crippen LogP contribution in [0.5, 0.6) is 0 Å². The summed E-state index contributed by atoms with van der Waals surface area (Å²) in [5.41, 5.74) is 0. The molecule has 12 heavy (non-hydrogen) atoms. The number of carbonyl (C=O) groups is 2. The number of hydrogen-bond acceptors (Lipinski definition) is 3. The lowest BCUT2D eigenvalue weighted by atomic mass is 10.3. The molecule has 0 saturated carbocycles. The summed E-state index contributed by atoms with van der Waals surface area (Å²) >= 11 is 0. The summed E-state index contributed by atoms with van der Waals surface area (Å²) < 4.78 is 4.64. The average molecular weight is 171 g/mol. The van der Waals surface area contributed by atoms with Crippen LogP contribution in [0.2, 0.25) is 0 Å². The topological polar surface area (TPSA) is 55.4 Å². The Kier molecular flexibility index (Phi) is 5.69. The highest BCUT2D eigenvalue weighted by Gasteiger charge is 1.99. The van der Waals surface area contributed by atoms with Crippen molar-refractivity contribution in [3.8, 4) is 0 Å². The highest BCUT2D eigenvalue weighted by atomic mass is 16.5. The number of rotatable bonds is 5. The lowest BCUT2D eigenvalue weighted by Gasteiger charge is -2.03. The summed E-state index contributed by atoms with van der Waals surface area (Å²) in [6, 6.07) is 0. The fourth-order valence-corrected chi connectivity index (χ4v) is 0.536. The van der Waals surface area contributed by atoms with E-state index in [0.717, 1.165) is 12.5 Å². The molecule has 1 N–H and O–H groups in total. The minimum absolute atomic E-state index is 0.0797. The molecular formula is C8H13NO3. The lowest BCUT2D eigenvalue weighted by Crippen LogP contribution is -2.25. The van der Waals surface area contributed by atoms with Crippen molar-refractivity contribution in [1.82, 2.24) is 5.32 Å². The molecule has 4 nitrogen and oxygen atoms in total. The van der Waals surface area contributed by atoms with E-state index in [4.69, 9.17) is 0 Å². The number of esters is 1. The maximum absolute atomic E-state index is 10.7. The molecule has 0 saturated heterocycles. The molecule has 0 atom stereocenters. The highest BCUT2D eigenvalue weighted by molar-refractivity contribution is 5.86. The summed E-state index contributed by atoms with van der Waals surface area (Å²) in [5.74, 6) is -0.652. The third-order valence-electron chi connectivity index (χ3n) is 1.12. The first-order valence-corrected chi connectivity index (χ1v) is 3.76. The Hall–Kier alpha value is -1.32. The van der Waals surface area contributed by atoms with Gasteiger partial charge in [-0.1, -0.05) is 13.5 Å². The van der Waals surface area contributed by atoms with Crippen molar-refractivity contribution < 1.29 is 14.3 Å². The quantitative estimate of drug-likeness (QED) is 0.374. The zero-order valence-corrected chi connectivity index (χ0v) is 7.13. The second kappa shape index (κ2) is 6.39. The predicted molar refractivity (Wildman–Crippen MR) is 44.2 cm³/mol. The number of nitrogens with one attached hydrogen (secondary N) is 1. The van der Waals surface area contributed by atoms with Gasteiger partial charge >= 0.3 is 5.97 Å². The second-order valence-corrected chi connectivity index (χ2v) is 2.16. The lowest BCUT2D eigenvalue weighted by molar-refractivity contribution is -0.145. The van der Waals surface area contributed by atoms with Crippen LogP contribution < -0.4 is 5.32 Å². The number of hydrogen-bond donors (Lipinski definition) is 1. The molecular weight excluding hydrogens is 158 g/mol. The molecule has 0 spiro atoms. The third kappa shape index (κ3) is 5.46. The molecule has 0 aromatic rings. The Morgan fingerprint density at radius 1 is 1.58 bits per heavy atom. The van der Waals surface area contributed by atoms with Gasteiger partial charge in [-0.3, -0.25) is 9.59 Å². The minimum Gasteiger partial charge on any atom is -0.444 e. The molecule has 0 aliphatic heterocycles. The molecule has 0 aromatic carbocycles. The number of carbonyl (C=O) groups excluding carboxylic acids is 2.